The molecule has 0 N–H and O–H groups in total. The fraction of sp³-hybridized carbons (Fsp3) is 0.0370. The van der Waals surface area contributed by atoms with Crippen LogP contribution < -0.4 is 0 Å². The van der Waals surface area contributed by atoms with E-state index in [4.69, 9.17) is 4.42 Å². The van der Waals surface area contributed by atoms with Crippen LogP contribution in [0.1, 0.15) is 18.4 Å². The molecule has 0 amide bonds. The van der Waals surface area contributed by atoms with Crippen LogP contribution in [0.2, 0.25) is 0 Å². The van der Waals surface area contributed by atoms with Crippen molar-refractivity contribution in [2.24, 2.45) is 0 Å². The fourth-order valence-electron chi connectivity index (χ4n) is 9.34. The van der Waals surface area contributed by atoms with Gasteiger partial charge in [-0.1, -0.05) is 115 Å². The van der Waals surface area contributed by atoms with Crippen molar-refractivity contribution in [3.8, 4) is 33.6 Å². The minimum absolute atomic E-state index is 0.909. The molecule has 57 heavy (non-hydrogen) atoms. The van der Waals surface area contributed by atoms with Crippen LogP contribution in [0.3, 0.4) is 0 Å². The minimum Gasteiger partial charge on any atom is -0.456 e. The Bertz CT molecular complexity index is 3440. The van der Waals surface area contributed by atoms with Gasteiger partial charge in [-0.05, 0) is 125 Å². The number of fused-ring (bicyclic) bond motifs is 9. The highest BCUT2D eigenvalue weighted by atomic mass is 16.3. The van der Waals surface area contributed by atoms with Crippen LogP contribution in [0, 0.1) is 0 Å². The monoisotopic (exact) mass is 728 g/mol. The summed E-state index contributed by atoms with van der Waals surface area (Å²) < 4.78 is 11.1. The van der Waals surface area contributed by atoms with Gasteiger partial charge in [0.2, 0.25) is 0 Å². The summed E-state index contributed by atoms with van der Waals surface area (Å²) in [6, 6.07) is 64.2. The second-order valence-electron chi connectivity index (χ2n) is 15.2. The van der Waals surface area contributed by atoms with E-state index >= 15 is 0 Å². The summed E-state index contributed by atoms with van der Waals surface area (Å²) in [6.07, 6.45) is 8.87. The van der Waals surface area contributed by atoms with Gasteiger partial charge in [0.15, 0.2) is 0 Å². The summed E-state index contributed by atoms with van der Waals surface area (Å²) in [5.74, 6) is 0. The number of para-hydroxylation sites is 3. The first-order chi connectivity index (χ1) is 28.3. The van der Waals surface area contributed by atoms with Gasteiger partial charge in [-0.3, -0.25) is 0 Å². The molecule has 3 aromatic heterocycles. The molecule has 8 aromatic carbocycles. The topological polar surface area (TPSA) is 23.0 Å². The van der Waals surface area contributed by atoms with Crippen molar-refractivity contribution in [2.45, 2.75) is 12.8 Å². The molecule has 0 aliphatic heterocycles. The average molecular weight is 729 g/mol. The number of hydrogen-bond acceptors (Lipinski definition) is 1. The van der Waals surface area contributed by atoms with E-state index in [0.29, 0.717) is 0 Å². The molecule has 3 heterocycles. The quantitative estimate of drug-likeness (QED) is 0.173. The molecule has 3 heteroatoms. The van der Waals surface area contributed by atoms with Crippen molar-refractivity contribution in [3.05, 3.63) is 200 Å². The van der Waals surface area contributed by atoms with Crippen LogP contribution in [0.25, 0.3) is 105 Å². The highest BCUT2D eigenvalue weighted by molar-refractivity contribution is 6.16. The fourth-order valence-corrected chi connectivity index (χ4v) is 9.34. The molecular weight excluding hydrogens is 693 g/mol. The molecule has 0 spiro atoms. The Kier molecular flexibility index (Phi) is 7.05. The average Bonchev–Trinajstić information content (AvgIpc) is 3.94. The minimum atomic E-state index is 0.909. The zero-order valence-corrected chi connectivity index (χ0v) is 31.2. The van der Waals surface area contributed by atoms with Gasteiger partial charge in [-0.2, -0.15) is 0 Å². The lowest BCUT2D eigenvalue weighted by Crippen LogP contribution is -1.95. The zero-order chi connectivity index (χ0) is 37.5. The highest BCUT2D eigenvalue weighted by Gasteiger charge is 2.19. The predicted octanol–water partition coefficient (Wildman–Crippen LogP) is 14.8. The lowest BCUT2D eigenvalue weighted by atomic mass is 9.97. The molecule has 0 atom stereocenters. The predicted molar refractivity (Wildman–Crippen MR) is 240 cm³/mol. The largest absolute Gasteiger partial charge is 0.456 e. The van der Waals surface area contributed by atoms with E-state index in [-0.39, 0.29) is 0 Å². The summed E-state index contributed by atoms with van der Waals surface area (Å²) in [7, 11) is 0. The molecule has 0 unspecified atom stereocenters. The van der Waals surface area contributed by atoms with Crippen LogP contribution in [-0.2, 0) is 0 Å². The number of benzene rings is 8. The first kappa shape index (κ1) is 31.9. The molecule has 268 valence electrons. The molecule has 1 aliphatic rings. The molecule has 0 saturated heterocycles. The van der Waals surface area contributed by atoms with E-state index in [1.54, 1.807) is 0 Å². The van der Waals surface area contributed by atoms with Gasteiger partial charge < -0.3 is 13.6 Å². The lowest BCUT2D eigenvalue weighted by Gasteiger charge is -2.12. The van der Waals surface area contributed by atoms with Crippen LogP contribution >= 0.6 is 0 Å². The molecule has 0 bridgehead atoms. The number of furan rings is 1. The highest BCUT2D eigenvalue weighted by Crippen LogP contribution is 2.42. The smallest absolute Gasteiger partial charge is 0.136 e. The van der Waals surface area contributed by atoms with E-state index in [0.717, 1.165) is 40.5 Å². The standard InChI is InChI=1S/C54H36N2O/c1-3-12-35(13-4-1)36-22-27-41(28-23-36)56-48-19-9-7-16-43(48)45-32-37(24-29-49(45)56)38-25-30-50-46(33-38)47-34-39(26-31-51(47)55(50)40-14-5-2-6-15-40)42-18-11-21-53-54(42)44-17-8-10-20-52(44)57-53/h1-3,5-12,14-34H,4,13H2. The van der Waals surface area contributed by atoms with Crippen LogP contribution in [0.5, 0.6) is 0 Å². The third-order valence-electron chi connectivity index (χ3n) is 12.0. The SMILES string of the molecule is C1=CCCC(c2ccc(-n3c4ccccc4c4cc(-c5ccc6c(c5)c5cc(-c7cccc8oc9ccccc9c78)ccc5n6-c5ccccc5)ccc43)cc2)=C1. The number of allylic oxidation sites excluding steroid dienone is 4. The van der Waals surface area contributed by atoms with Crippen molar-refractivity contribution >= 4 is 71.1 Å². The van der Waals surface area contributed by atoms with Crippen LogP contribution in [0.4, 0.5) is 0 Å². The lowest BCUT2D eigenvalue weighted by molar-refractivity contribution is 0.669. The van der Waals surface area contributed by atoms with Crippen molar-refractivity contribution in [2.75, 3.05) is 0 Å². The van der Waals surface area contributed by atoms with Crippen LogP contribution in [-0.4, -0.2) is 9.13 Å². The van der Waals surface area contributed by atoms with Gasteiger partial charge in [0.25, 0.3) is 0 Å². The number of rotatable bonds is 5. The summed E-state index contributed by atoms with van der Waals surface area (Å²) in [5.41, 5.74) is 16.4. The van der Waals surface area contributed by atoms with Gasteiger partial charge >= 0.3 is 0 Å². The van der Waals surface area contributed by atoms with Gasteiger partial charge in [0, 0.05) is 43.7 Å². The Morgan fingerprint density at radius 3 is 1.68 bits per heavy atom. The maximum atomic E-state index is 6.30. The zero-order valence-electron chi connectivity index (χ0n) is 31.2. The Morgan fingerprint density at radius 1 is 0.404 bits per heavy atom. The van der Waals surface area contributed by atoms with Crippen molar-refractivity contribution in [1.82, 2.24) is 9.13 Å². The summed E-state index contributed by atoms with van der Waals surface area (Å²) in [6.45, 7) is 0. The molecule has 12 rings (SSSR count). The first-order valence-corrected chi connectivity index (χ1v) is 19.8. The van der Waals surface area contributed by atoms with E-state index < -0.39 is 0 Å². The molecule has 1 aliphatic carbocycles. The third-order valence-corrected chi connectivity index (χ3v) is 12.0. The second kappa shape index (κ2) is 12.6. The van der Waals surface area contributed by atoms with Crippen molar-refractivity contribution < 1.29 is 4.42 Å². The molecule has 11 aromatic rings. The Balaban J connectivity index is 1.03. The van der Waals surface area contributed by atoms with E-state index in [9.17, 15) is 0 Å². The van der Waals surface area contributed by atoms with Gasteiger partial charge in [0.1, 0.15) is 11.2 Å². The molecule has 3 nitrogen and oxygen atoms in total. The van der Waals surface area contributed by atoms with Gasteiger partial charge in [-0.25, -0.2) is 0 Å². The molecular formula is C54H36N2O. The Labute approximate surface area is 329 Å². The Morgan fingerprint density at radius 2 is 0.965 bits per heavy atom. The summed E-state index contributed by atoms with van der Waals surface area (Å²) >= 11 is 0. The normalized spacial score (nSPS) is 13.2. The molecule has 0 fully saturated rings. The Hall–Kier alpha value is -7.36. The molecule has 0 saturated carbocycles. The number of hydrogen-bond donors (Lipinski definition) is 0. The molecule has 0 radical (unpaired) electrons. The van der Waals surface area contributed by atoms with E-state index in [1.807, 2.05) is 6.07 Å². The first-order valence-electron chi connectivity index (χ1n) is 19.8. The second-order valence-corrected chi connectivity index (χ2v) is 15.2. The number of aromatic nitrogens is 2. The third kappa shape index (κ3) is 4.99. The summed E-state index contributed by atoms with van der Waals surface area (Å²) in [4.78, 5) is 0. The van der Waals surface area contributed by atoms with E-state index in [1.165, 1.54) is 82.7 Å². The summed E-state index contributed by atoms with van der Waals surface area (Å²) in [5, 5.41) is 7.25. The van der Waals surface area contributed by atoms with E-state index in [2.05, 4.69) is 197 Å². The number of nitrogens with zero attached hydrogens (tertiary/aromatic N) is 2. The maximum Gasteiger partial charge on any atom is 0.136 e. The van der Waals surface area contributed by atoms with Gasteiger partial charge in [-0.15, -0.1) is 0 Å². The maximum absolute atomic E-state index is 6.30. The van der Waals surface area contributed by atoms with Crippen LogP contribution in [0.15, 0.2) is 199 Å². The van der Waals surface area contributed by atoms with Crippen molar-refractivity contribution in [3.63, 3.8) is 0 Å². The van der Waals surface area contributed by atoms with Gasteiger partial charge in [0.05, 0.1) is 22.1 Å². The van der Waals surface area contributed by atoms with Crippen molar-refractivity contribution in [1.29, 1.82) is 0 Å².